The zero-order valence-corrected chi connectivity index (χ0v) is 11.4. The molecule has 19 heavy (non-hydrogen) atoms. The molecule has 1 amide bonds. The summed E-state index contributed by atoms with van der Waals surface area (Å²) in [6, 6.07) is 0. The van der Waals surface area contributed by atoms with Crippen LogP contribution >= 0.6 is 0 Å². The first-order valence-electron chi connectivity index (χ1n) is 7.08. The lowest BCUT2D eigenvalue weighted by atomic mass is 9.51. The number of nitrogens with one attached hydrogen (secondary N) is 1. The summed E-state index contributed by atoms with van der Waals surface area (Å²) in [6.45, 7) is 5.05. The molecule has 104 valence electrons. The summed E-state index contributed by atoms with van der Waals surface area (Å²) in [6.07, 6.45) is 7.20. The minimum atomic E-state index is -0.363. The molecule has 4 saturated carbocycles. The third kappa shape index (κ3) is 2.17. The van der Waals surface area contributed by atoms with Crippen LogP contribution in [0.3, 0.4) is 0 Å². The van der Waals surface area contributed by atoms with Crippen LogP contribution in [0.2, 0.25) is 0 Å². The third-order valence-corrected chi connectivity index (χ3v) is 4.93. The van der Waals surface area contributed by atoms with Gasteiger partial charge < -0.3 is 10.1 Å². The molecule has 4 nitrogen and oxygen atoms in total. The number of carbonyl (C=O) groups excluding carboxylic acids is 2. The molecule has 2 atom stereocenters. The Balaban J connectivity index is 1.86. The van der Waals surface area contributed by atoms with E-state index >= 15 is 0 Å². The molecular formula is C15H21NO3. The van der Waals surface area contributed by atoms with Crippen LogP contribution in [-0.4, -0.2) is 23.0 Å². The van der Waals surface area contributed by atoms with Crippen LogP contribution in [0.1, 0.15) is 45.4 Å². The van der Waals surface area contributed by atoms with E-state index in [1.165, 1.54) is 12.5 Å². The number of carbonyl (C=O) groups is 2. The standard InChI is InChI=1S/C15H21NO3/c1-3-13(18)19-15-7-11-4-12(8-15)6-14(5-11,9-15)16-10(2)17/h3,11-12H,1,4-9H2,2H3,(H,16,17). The van der Waals surface area contributed by atoms with Crippen molar-refractivity contribution < 1.29 is 14.3 Å². The van der Waals surface area contributed by atoms with Crippen molar-refractivity contribution in [3.63, 3.8) is 0 Å². The summed E-state index contributed by atoms with van der Waals surface area (Å²) in [5.74, 6) is 0.837. The average Bonchev–Trinajstić information content (AvgIpc) is 2.24. The van der Waals surface area contributed by atoms with Crippen molar-refractivity contribution in [1.29, 1.82) is 0 Å². The summed E-state index contributed by atoms with van der Waals surface area (Å²) in [5.41, 5.74) is -0.505. The van der Waals surface area contributed by atoms with Gasteiger partial charge in [-0.2, -0.15) is 0 Å². The monoisotopic (exact) mass is 263 g/mol. The molecule has 4 fully saturated rings. The van der Waals surface area contributed by atoms with E-state index in [1.807, 2.05) is 0 Å². The van der Waals surface area contributed by atoms with Crippen molar-refractivity contribution in [2.75, 3.05) is 0 Å². The minimum absolute atomic E-state index is 0.0205. The summed E-state index contributed by atoms with van der Waals surface area (Å²) in [7, 11) is 0. The molecule has 4 bridgehead atoms. The maximum Gasteiger partial charge on any atom is 0.330 e. The molecule has 4 aliphatic carbocycles. The van der Waals surface area contributed by atoms with Crippen LogP contribution in [0, 0.1) is 11.8 Å². The first-order valence-corrected chi connectivity index (χ1v) is 7.08. The quantitative estimate of drug-likeness (QED) is 0.625. The molecule has 0 saturated heterocycles. The van der Waals surface area contributed by atoms with Crippen molar-refractivity contribution >= 4 is 11.9 Å². The van der Waals surface area contributed by atoms with E-state index in [0.29, 0.717) is 11.8 Å². The van der Waals surface area contributed by atoms with E-state index in [1.54, 1.807) is 6.92 Å². The molecule has 0 aromatic rings. The second kappa shape index (κ2) is 4.09. The van der Waals surface area contributed by atoms with E-state index in [2.05, 4.69) is 11.9 Å². The molecule has 4 aliphatic rings. The fraction of sp³-hybridized carbons (Fsp3) is 0.733. The summed E-state index contributed by atoms with van der Waals surface area (Å²) >= 11 is 0. The van der Waals surface area contributed by atoms with E-state index in [-0.39, 0.29) is 23.0 Å². The van der Waals surface area contributed by atoms with Gasteiger partial charge in [-0.1, -0.05) is 6.58 Å². The van der Waals surface area contributed by atoms with Crippen LogP contribution < -0.4 is 5.32 Å². The van der Waals surface area contributed by atoms with E-state index in [9.17, 15) is 9.59 Å². The van der Waals surface area contributed by atoms with Gasteiger partial charge in [0.25, 0.3) is 0 Å². The predicted octanol–water partition coefficient (Wildman–Crippen LogP) is 1.94. The van der Waals surface area contributed by atoms with Crippen LogP contribution in [0.5, 0.6) is 0 Å². The Morgan fingerprint density at radius 1 is 1.26 bits per heavy atom. The third-order valence-electron chi connectivity index (χ3n) is 4.93. The highest BCUT2D eigenvalue weighted by atomic mass is 16.6. The van der Waals surface area contributed by atoms with Crippen molar-refractivity contribution in [1.82, 2.24) is 5.32 Å². The van der Waals surface area contributed by atoms with E-state index in [4.69, 9.17) is 4.74 Å². The number of esters is 1. The molecule has 0 spiro atoms. The van der Waals surface area contributed by atoms with Crippen molar-refractivity contribution in [2.45, 2.75) is 56.6 Å². The van der Waals surface area contributed by atoms with Gasteiger partial charge in [0.05, 0.1) is 0 Å². The smallest absolute Gasteiger partial charge is 0.330 e. The number of amides is 1. The predicted molar refractivity (Wildman–Crippen MR) is 70.2 cm³/mol. The Labute approximate surface area is 113 Å². The highest BCUT2D eigenvalue weighted by molar-refractivity contribution is 5.81. The maximum absolute atomic E-state index is 11.6. The molecule has 1 N–H and O–H groups in total. The summed E-state index contributed by atoms with van der Waals surface area (Å²) in [4.78, 5) is 23.1. The molecule has 0 heterocycles. The van der Waals surface area contributed by atoms with Gasteiger partial charge in [-0.3, -0.25) is 4.79 Å². The zero-order chi connectivity index (χ0) is 13.7. The van der Waals surface area contributed by atoms with Crippen LogP contribution in [0.15, 0.2) is 12.7 Å². The fourth-order valence-corrected chi connectivity index (χ4v) is 5.07. The zero-order valence-electron chi connectivity index (χ0n) is 11.4. The minimum Gasteiger partial charge on any atom is -0.456 e. The van der Waals surface area contributed by atoms with Gasteiger partial charge >= 0.3 is 5.97 Å². The van der Waals surface area contributed by atoms with E-state index in [0.717, 1.165) is 32.1 Å². The lowest BCUT2D eigenvalue weighted by Crippen LogP contribution is -2.66. The highest BCUT2D eigenvalue weighted by Crippen LogP contribution is 2.58. The lowest BCUT2D eigenvalue weighted by molar-refractivity contribution is -0.187. The molecule has 4 heteroatoms. The molecule has 4 rings (SSSR count). The average molecular weight is 263 g/mol. The van der Waals surface area contributed by atoms with Crippen molar-refractivity contribution in [3.05, 3.63) is 12.7 Å². The molecule has 0 aromatic heterocycles. The van der Waals surface area contributed by atoms with Gasteiger partial charge in [0.2, 0.25) is 5.91 Å². The SMILES string of the molecule is C=CC(=O)OC12CC3CC(CC(NC(C)=O)(C3)C1)C2. The Bertz CT molecular complexity index is 429. The molecule has 0 aromatic carbocycles. The summed E-state index contributed by atoms with van der Waals surface area (Å²) < 4.78 is 5.70. The number of hydrogen-bond donors (Lipinski definition) is 1. The van der Waals surface area contributed by atoms with Gasteiger partial charge in [-0.05, 0) is 43.9 Å². The van der Waals surface area contributed by atoms with Crippen molar-refractivity contribution in [3.8, 4) is 0 Å². The van der Waals surface area contributed by atoms with Crippen LogP contribution in [0.25, 0.3) is 0 Å². The second-order valence-electron chi connectivity index (χ2n) is 6.73. The van der Waals surface area contributed by atoms with Crippen LogP contribution in [0.4, 0.5) is 0 Å². The molecule has 0 aliphatic heterocycles. The highest BCUT2D eigenvalue weighted by Gasteiger charge is 2.59. The van der Waals surface area contributed by atoms with Gasteiger partial charge in [0.1, 0.15) is 5.60 Å². The lowest BCUT2D eigenvalue weighted by Gasteiger charge is -2.61. The number of rotatable bonds is 3. The normalized spacial score (nSPS) is 42.8. The van der Waals surface area contributed by atoms with E-state index < -0.39 is 0 Å². The summed E-state index contributed by atoms with van der Waals surface area (Å²) in [5, 5.41) is 3.15. The molecule has 0 radical (unpaired) electrons. The first kappa shape index (κ1) is 12.7. The van der Waals surface area contributed by atoms with Gasteiger partial charge in [-0.15, -0.1) is 0 Å². The Hall–Kier alpha value is -1.32. The second-order valence-corrected chi connectivity index (χ2v) is 6.73. The van der Waals surface area contributed by atoms with Crippen LogP contribution in [-0.2, 0) is 14.3 Å². The van der Waals surface area contributed by atoms with Gasteiger partial charge in [-0.25, -0.2) is 4.79 Å². The Kier molecular flexibility index (Phi) is 2.73. The van der Waals surface area contributed by atoms with Crippen molar-refractivity contribution in [2.24, 2.45) is 11.8 Å². The largest absolute Gasteiger partial charge is 0.456 e. The molecular weight excluding hydrogens is 242 g/mol. The topological polar surface area (TPSA) is 55.4 Å². The van der Waals surface area contributed by atoms with Gasteiger partial charge in [0, 0.05) is 25.0 Å². The maximum atomic E-state index is 11.6. The fourth-order valence-electron chi connectivity index (χ4n) is 5.07. The Morgan fingerprint density at radius 2 is 1.89 bits per heavy atom. The number of ether oxygens (including phenoxy) is 1. The number of hydrogen-bond acceptors (Lipinski definition) is 3. The molecule has 2 unspecified atom stereocenters. The Morgan fingerprint density at radius 3 is 2.42 bits per heavy atom. The first-order chi connectivity index (χ1) is 8.94. The van der Waals surface area contributed by atoms with Gasteiger partial charge in [0.15, 0.2) is 0 Å².